The van der Waals surface area contributed by atoms with E-state index in [1.165, 1.54) is 0 Å². The van der Waals surface area contributed by atoms with Crippen molar-refractivity contribution in [3.05, 3.63) is 71.8 Å². The topological polar surface area (TPSA) is 33.4 Å². The Kier molecular flexibility index (Phi) is 7.16. The highest BCUT2D eigenvalue weighted by molar-refractivity contribution is 6.31. The molecule has 0 aliphatic heterocycles. The molecule has 3 aromatic rings. The third-order valence-electron chi connectivity index (χ3n) is 4.04. The summed E-state index contributed by atoms with van der Waals surface area (Å²) in [6, 6.07) is 13.8. The van der Waals surface area contributed by atoms with Crippen LogP contribution in [0.2, 0.25) is 5.02 Å². The van der Waals surface area contributed by atoms with E-state index < -0.39 is 0 Å². The van der Waals surface area contributed by atoms with Crippen LogP contribution in [0, 0.1) is 0 Å². The van der Waals surface area contributed by atoms with E-state index in [0.29, 0.717) is 16.8 Å². The molecule has 0 N–H and O–H groups in total. The second-order valence-corrected chi connectivity index (χ2v) is 7.01. The summed E-state index contributed by atoms with van der Waals surface area (Å²) < 4.78 is 1.91. The summed E-state index contributed by atoms with van der Waals surface area (Å²) >= 11 is 17.9. The molecule has 0 atom stereocenters. The van der Waals surface area contributed by atoms with Gasteiger partial charge in [0.1, 0.15) is 0 Å². The lowest BCUT2D eigenvalue weighted by Gasteiger charge is -2.22. The summed E-state index contributed by atoms with van der Waals surface area (Å²) in [7, 11) is 0. The molecule has 3 rings (SSSR count). The molecule has 0 amide bonds. The second kappa shape index (κ2) is 9.79. The van der Waals surface area contributed by atoms with E-state index in [4.69, 9.17) is 34.8 Å². The normalized spacial score (nSPS) is 11.2. The average molecular weight is 422 g/mol. The molecule has 0 radical (unpaired) electrons. The number of anilines is 1. The molecule has 0 fully saturated rings. The molecular formula is C20H19Cl3N4. The largest absolute Gasteiger partial charge is 0.369 e. The maximum absolute atomic E-state index is 6.15. The zero-order chi connectivity index (χ0) is 19.1. The van der Waals surface area contributed by atoms with Gasteiger partial charge in [0.25, 0.3) is 0 Å². The first-order valence-electron chi connectivity index (χ1n) is 8.50. The molecule has 1 heterocycles. The van der Waals surface area contributed by atoms with E-state index in [-0.39, 0.29) is 0 Å². The first-order valence-corrected chi connectivity index (χ1v) is 9.95. The number of rotatable bonds is 8. The number of nitrogens with zero attached hydrogens (tertiary/aromatic N) is 4. The van der Waals surface area contributed by atoms with Crippen LogP contribution < -0.4 is 4.90 Å². The highest BCUT2D eigenvalue weighted by Gasteiger charge is 2.06. The van der Waals surface area contributed by atoms with Gasteiger partial charge in [0.2, 0.25) is 0 Å². The van der Waals surface area contributed by atoms with Crippen molar-refractivity contribution in [2.24, 2.45) is 4.99 Å². The predicted molar refractivity (Wildman–Crippen MR) is 116 cm³/mol. The van der Waals surface area contributed by atoms with Gasteiger partial charge in [-0.05, 0) is 35.9 Å². The van der Waals surface area contributed by atoms with E-state index in [0.717, 1.165) is 35.7 Å². The molecule has 140 valence electrons. The van der Waals surface area contributed by atoms with Crippen molar-refractivity contribution in [2.75, 3.05) is 29.7 Å². The molecule has 0 saturated heterocycles. The highest BCUT2D eigenvalue weighted by atomic mass is 35.5. The summed E-state index contributed by atoms with van der Waals surface area (Å²) in [5.74, 6) is 1.12. The van der Waals surface area contributed by atoms with Crippen LogP contribution >= 0.6 is 34.8 Å². The quantitative estimate of drug-likeness (QED) is 0.352. The van der Waals surface area contributed by atoms with Gasteiger partial charge in [0, 0.05) is 54.2 Å². The molecular weight excluding hydrogens is 403 g/mol. The number of aromatic nitrogens is 2. The van der Waals surface area contributed by atoms with Crippen molar-refractivity contribution < 1.29 is 0 Å². The van der Waals surface area contributed by atoms with Crippen LogP contribution in [0.3, 0.4) is 0 Å². The van der Waals surface area contributed by atoms with Crippen molar-refractivity contribution in [1.29, 1.82) is 0 Å². The Morgan fingerprint density at radius 2 is 1.78 bits per heavy atom. The Labute approximate surface area is 174 Å². The van der Waals surface area contributed by atoms with Crippen molar-refractivity contribution in [3.63, 3.8) is 0 Å². The van der Waals surface area contributed by atoms with Gasteiger partial charge in [0.15, 0.2) is 0 Å². The molecule has 0 spiro atoms. The molecule has 0 bridgehead atoms. The number of alkyl halides is 2. The number of aliphatic imine (C=N–C) groups is 1. The third kappa shape index (κ3) is 5.25. The first kappa shape index (κ1) is 19.7. The van der Waals surface area contributed by atoms with Crippen LogP contribution in [0.25, 0.3) is 5.69 Å². The van der Waals surface area contributed by atoms with Gasteiger partial charge in [-0.1, -0.05) is 23.7 Å². The molecule has 0 aliphatic rings. The van der Waals surface area contributed by atoms with Gasteiger partial charge in [-0.15, -0.1) is 23.2 Å². The summed E-state index contributed by atoms with van der Waals surface area (Å²) in [6.45, 7) is 1.52. The Hall–Kier alpha value is -2.01. The van der Waals surface area contributed by atoms with Crippen molar-refractivity contribution in [1.82, 2.24) is 9.55 Å². The lowest BCUT2D eigenvalue weighted by atomic mass is 10.2. The molecule has 0 saturated carbocycles. The van der Waals surface area contributed by atoms with Crippen molar-refractivity contribution >= 4 is 52.4 Å². The van der Waals surface area contributed by atoms with Crippen molar-refractivity contribution in [2.45, 2.75) is 0 Å². The monoisotopic (exact) mass is 420 g/mol. The third-order valence-corrected chi connectivity index (χ3v) is 4.61. The molecule has 0 aliphatic carbocycles. The average Bonchev–Trinajstić information content (AvgIpc) is 3.21. The van der Waals surface area contributed by atoms with E-state index in [2.05, 4.69) is 27.0 Å². The van der Waals surface area contributed by atoms with E-state index >= 15 is 0 Å². The molecule has 7 heteroatoms. The van der Waals surface area contributed by atoms with Crippen molar-refractivity contribution in [3.8, 4) is 5.69 Å². The summed E-state index contributed by atoms with van der Waals surface area (Å²) in [6.07, 6.45) is 7.16. The fourth-order valence-corrected chi connectivity index (χ4v) is 3.28. The van der Waals surface area contributed by atoms with Crippen LogP contribution in [-0.2, 0) is 0 Å². The smallest absolute Gasteiger partial charge is 0.0992 e. The molecule has 1 aromatic heterocycles. The van der Waals surface area contributed by atoms with Crippen LogP contribution in [-0.4, -0.2) is 40.6 Å². The van der Waals surface area contributed by atoms with Gasteiger partial charge in [-0.2, -0.15) is 0 Å². The van der Waals surface area contributed by atoms with Crippen LogP contribution in [0.4, 0.5) is 11.4 Å². The number of imidazole rings is 1. The first-order chi connectivity index (χ1) is 13.2. The number of halogens is 3. The minimum absolute atomic E-state index is 0.561. The number of benzene rings is 2. The number of hydrogen-bond donors (Lipinski definition) is 0. The zero-order valence-corrected chi connectivity index (χ0v) is 16.9. The summed E-state index contributed by atoms with van der Waals surface area (Å²) in [4.78, 5) is 10.9. The van der Waals surface area contributed by atoms with Gasteiger partial charge in [-0.25, -0.2) is 4.98 Å². The van der Waals surface area contributed by atoms with Crippen LogP contribution in [0.15, 0.2) is 66.2 Å². The molecule has 2 aromatic carbocycles. The summed E-state index contributed by atoms with van der Waals surface area (Å²) in [5.41, 5.74) is 3.78. The Morgan fingerprint density at radius 1 is 1.04 bits per heavy atom. The van der Waals surface area contributed by atoms with Gasteiger partial charge in [0.05, 0.1) is 17.7 Å². The standard InChI is InChI=1S/C20H19Cl3N4/c21-7-10-26(11-8-22)18-4-1-16(2-5-18)14-25-19-13-17(23)3-6-20(19)27-12-9-24-15-27/h1-6,9,12-15H,7-8,10-11H2. The molecule has 0 unspecified atom stereocenters. The fraction of sp³-hybridized carbons (Fsp3) is 0.200. The lowest BCUT2D eigenvalue weighted by molar-refractivity contribution is 0.874. The van der Waals surface area contributed by atoms with Gasteiger partial charge >= 0.3 is 0 Å². The highest BCUT2D eigenvalue weighted by Crippen LogP contribution is 2.27. The molecule has 4 nitrogen and oxygen atoms in total. The van der Waals surface area contributed by atoms with Gasteiger partial charge < -0.3 is 9.47 Å². The maximum Gasteiger partial charge on any atom is 0.0992 e. The predicted octanol–water partition coefficient (Wildman–Crippen LogP) is 5.56. The van der Waals surface area contributed by atoms with E-state index in [1.54, 1.807) is 12.5 Å². The molecule has 27 heavy (non-hydrogen) atoms. The maximum atomic E-state index is 6.15. The fourth-order valence-electron chi connectivity index (χ4n) is 2.71. The Morgan fingerprint density at radius 3 is 2.41 bits per heavy atom. The zero-order valence-electron chi connectivity index (χ0n) is 14.6. The summed E-state index contributed by atoms with van der Waals surface area (Å²) in [5, 5.41) is 0.638. The minimum atomic E-state index is 0.561. The SMILES string of the molecule is ClCCN(CCCl)c1ccc(C=Nc2cc(Cl)ccc2-n2ccnc2)cc1. The van der Waals surface area contributed by atoms with Gasteiger partial charge in [-0.3, -0.25) is 4.99 Å². The minimum Gasteiger partial charge on any atom is -0.369 e. The van der Waals surface area contributed by atoms with E-state index in [1.807, 2.05) is 47.3 Å². The lowest BCUT2D eigenvalue weighted by Crippen LogP contribution is -2.27. The van der Waals surface area contributed by atoms with Crippen LogP contribution in [0.5, 0.6) is 0 Å². The Bertz CT molecular complexity index is 871. The van der Waals surface area contributed by atoms with Crippen LogP contribution in [0.1, 0.15) is 5.56 Å². The second-order valence-electron chi connectivity index (χ2n) is 5.82. The Balaban J connectivity index is 1.81. The number of hydrogen-bond acceptors (Lipinski definition) is 3. The van der Waals surface area contributed by atoms with E-state index in [9.17, 15) is 0 Å².